The van der Waals surface area contributed by atoms with Crippen LogP contribution in [-0.4, -0.2) is 21.9 Å². The minimum Gasteiger partial charge on any atom is -0.351 e. The Morgan fingerprint density at radius 1 is 1.30 bits per heavy atom. The quantitative estimate of drug-likeness (QED) is 0.855. The van der Waals surface area contributed by atoms with Crippen LogP contribution in [0.1, 0.15) is 27.9 Å². The molecular formula is C17H18N4OS. The second-order valence-corrected chi connectivity index (χ2v) is 6.22. The highest BCUT2D eigenvalue weighted by molar-refractivity contribution is 7.99. The van der Waals surface area contributed by atoms with Crippen LogP contribution in [0.15, 0.2) is 29.3 Å². The number of thioether (sulfide) groups is 1. The second-order valence-electron chi connectivity index (χ2n) is 5.26. The molecule has 0 aliphatic rings. The van der Waals surface area contributed by atoms with Crippen LogP contribution in [-0.2, 0) is 11.3 Å². The van der Waals surface area contributed by atoms with Gasteiger partial charge in [0.2, 0.25) is 5.91 Å². The summed E-state index contributed by atoms with van der Waals surface area (Å²) in [5.74, 6) is 0.109. The van der Waals surface area contributed by atoms with Gasteiger partial charge in [0.05, 0.1) is 17.0 Å². The molecule has 0 saturated carbocycles. The first-order valence-corrected chi connectivity index (χ1v) is 8.19. The molecule has 0 aliphatic heterocycles. The van der Waals surface area contributed by atoms with Crippen molar-refractivity contribution >= 4 is 17.7 Å². The number of nitrogens with zero attached hydrogens (tertiary/aromatic N) is 3. The molecule has 118 valence electrons. The fraction of sp³-hybridized carbons (Fsp3) is 0.294. The molecule has 0 aliphatic carbocycles. The molecule has 0 unspecified atom stereocenters. The molecule has 2 rings (SSSR count). The van der Waals surface area contributed by atoms with E-state index in [1.54, 1.807) is 0 Å². The Labute approximate surface area is 140 Å². The van der Waals surface area contributed by atoms with E-state index < -0.39 is 0 Å². The molecule has 2 aromatic rings. The van der Waals surface area contributed by atoms with Gasteiger partial charge in [0.25, 0.3) is 0 Å². The maximum atomic E-state index is 12.0. The minimum atomic E-state index is -0.0968. The van der Waals surface area contributed by atoms with Gasteiger partial charge in [-0.05, 0) is 31.9 Å². The van der Waals surface area contributed by atoms with Crippen LogP contribution in [0.2, 0.25) is 0 Å². The summed E-state index contributed by atoms with van der Waals surface area (Å²) in [7, 11) is 0. The lowest BCUT2D eigenvalue weighted by Gasteiger charge is -2.08. The van der Waals surface area contributed by atoms with Crippen molar-refractivity contribution in [3.63, 3.8) is 0 Å². The number of amides is 1. The van der Waals surface area contributed by atoms with Crippen molar-refractivity contribution in [2.24, 2.45) is 0 Å². The first kappa shape index (κ1) is 17.0. The van der Waals surface area contributed by atoms with Gasteiger partial charge in [-0.15, -0.1) is 5.10 Å². The van der Waals surface area contributed by atoms with Crippen LogP contribution < -0.4 is 5.32 Å². The number of nitrogens with one attached hydrogen (secondary N) is 1. The van der Waals surface area contributed by atoms with Crippen LogP contribution in [0.5, 0.6) is 0 Å². The second kappa shape index (κ2) is 7.75. The molecule has 1 N–H and O–H groups in total. The minimum absolute atomic E-state index is 0.0968. The number of carbonyl (C=O) groups is 1. The summed E-state index contributed by atoms with van der Waals surface area (Å²) in [5.41, 5.74) is 4.26. The van der Waals surface area contributed by atoms with Crippen LogP contribution in [0, 0.1) is 32.1 Å². The van der Waals surface area contributed by atoms with Gasteiger partial charge in [0.15, 0.2) is 0 Å². The van der Waals surface area contributed by atoms with E-state index in [-0.39, 0.29) is 11.7 Å². The van der Waals surface area contributed by atoms with Crippen molar-refractivity contribution in [1.82, 2.24) is 15.5 Å². The Hall–Kier alpha value is -2.39. The van der Waals surface area contributed by atoms with E-state index in [0.717, 1.165) is 22.4 Å². The molecule has 1 aromatic carbocycles. The number of aromatic nitrogens is 2. The lowest BCUT2D eigenvalue weighted by atomic mass is 10.1. The summed E-state index contributed by atoms with van der Waals surface area (Å²) < 4.78 is 0. The third-order valence-corrected chi connectivity index (χ3v) is 4.41. The molecule has 0 spiro atoms. The number of hydrogen-bond donors (Lipinski definition) is 1. The first-order valence-electron chi connectivity index (χ1n) is 7.20. The molecule has 0 radical (unpaired) electrons. The lowest BCUT2D eigenvalue weighted by molar-refractivity contribution is -0.118. The van der Waals surface area contributed by atoms with Gasteiger partial charge in [0, 0.05) is 6.54 Å². The molecule has 0 atom stereocenters. The molecule has 1 heterocycles. The van der Waals surface area contributed by atoms with Crippen LogP contribution in [0.4, 0.5) is 0 Å². The standard InChI is InChI=1S/C17H18N4OS/c1-11-5-4-6-14(7-11)9-19-16(22)10-23-17-15(8-18)12(2)13(3)20-21-17/h4-7H,9-10H2,1-3H3,(H,19,22). The SMILES string of the molecule is Cc1cccc(CNC(=O)CSc2nnc(C)c(C)c2C#N)c1. The summed E-state index contributed by atoms with van der Waals surface area (Å²) in [5, 5.41) is 20.6. The molecule has 23 heavy (non-hydrogen) atoms. The highest BCUT2D eigenvalue weighted by atomic mass is 32.2. The highest BCUT2D eigenvalue weighted by Gasteiger charge is 2.13. The molecule has 5 nitrogen and oxygen atoms in total. The number of nitriles is 1. The zero-order valence-corrected chi connectivity index (χ0v) is 14.2. The Morgan fingerprint density at radius 2 is 2.09 bits per heavy atom. The first-order chi connectivity index (χ1) is 11.0. The Balaban J connectivity index is 1.92. The average molecular weight is 326 g/mol. The molecule has 0 bridgehead atoms. The fourth-order valence-corrected chi connectivity index (χ4v) is 2.84. The molecular weight excluding hydrogens is 308 g/mol. The van der Waals surface area contributed by atoms with Gasteiger partial charge in [0.1, 0.15) is 11.1 Å². The topological polar surface area (TPSA) is 78.7 Å². The molecule has 0 saturated heterocycles. The van der Waals surface area contributed by atoms with Crippen LogP contribution in [0.25, 0.3) is 0 Å². The number of aryl methyl sites for hydroxylation is 2. The predicted molar refractivity (Wildman–Crippen MR) is 90.0 cm³/mol. The van der Waals surface area contributed by atoms with E-state index in [2.05, 4.69) is 21.6 Å². The largest absolute Gasteiger partial charge is 0.351 e. The van der Waals surface area contributed by atoms with Crippen molar-refractivity contribution in [2.45, 2.75) is 32.3 Å². The van der Waals surface area contributed by atoms with Gasteiger partial charge >= 0.3 is 0 Å². The van der Waals surface area contributed by atoms with E-state index in [1.807, 2.05) is 45.0 Å². The fourth-order valence-electron chi connectivity index (χ4n) is 2.03. The van der Waals surface area contributed by atoms with Gasteiger partial charge in [-0.3, -0.25) is 4.79 Å². The third kappa shape index (κ3) is 4.54. The Kier molecular flexibility index (Phi) is 5.72. The van der Waals surface area contributed by atoms with E-state index in [1.165, 1.54) is 11.8 Å². The number of hydrogen-bond acceptors (Lipinski definition) is 5. The average Bonchev–Trinajstić information content (AvgIpc) is 2.54. The van der Waals surface area contributed by atoms with E-state index in [4.69, 9.17) is 0 Å². The molecule has 0 fully saturated rings. The zero-order chi connectivity index (χ0) is 16.8. The summed E-state index contributed by atoms with van der Waals surface area (Å²) in [6.45, 7) is 6.16. The summed E-state index contributed by atoms with van der Waals surface area (Å²) in [4.78, 5) is 12.0. The van der Waals surface area contributed by atoms with Gasteiger partial charge in [-0.1, -0.05) is 41.6 Å². The van der Waals surface area contributed by atoms with Gasteiger partial charge in [-0.25, -0.2) is 0 Å². The maximum absolute atomic E-state index is 12.0. The van der Waals surface area contributed by atoms with Gasteiger partial charge < -0.3 is 5.32 Å². The van der Waals surface area contributed by atoms with E-state index in [9.17, 15) is 10.1 Å². The summed E-state index contributed by atoms with van der Waals surface area (Å²) in [6, 6.07) is 10.1. The van der Waals surface area contributed by atoms with Crippen molar-refractivity contribution in [2.75, 3.05) is 5.75 Å². The van der Waals surface area contributed by atoms with Gasteiger partial charge in [-0.2, -0.15) is 10.4 Å². The highest BCUT2D eigenvalue weighted by Crippen LogP contribution is 2.22. The normalized spacial score (nSPS) is 10.2. The third-order valence-electron chi connectivity index (χ3n) is 3.45. The smallest absolute Gasteiger partial charge is 0.230 e. The van der Waals surface area contributed by atoms with E-state index in [0.29, 0.717) is 17.1 Å². The molecule has 6 heteroatoms. The predicted octanol–water partition coefficient (Wildman–Crippen LogP) is 2.68. The number of rotatable bonds is 5. The number of carbonyl (C=O) groups excluding carboxylic acids is 1. The monoisotopic (exact) mass is 326 g/mol. The number of benzene rings is 1. The molecule has 1 amide bonds. The maximum Gasteiger partial charge on any atom is 0.230 e. The Morgan fingerprint density at radius 3 is 2.78 bits per heavy atom. The van der Waals surface area contributed by atoms with Crippen molar-refractivity contribution < 1.29 is 4.79 Å². The van der Waals surface area contributed by atoms with E-state index >= 15 is 0 Å². The van der Waals surface area contributed by atoms with Crippen molar-refractivity contribution in [3.8, 4) is 6.07 Å². The molecule has 1 aromatic heterocycles. The summed E-state index contributed by atoms with van der Waals surface area (Å²) >= 11 is 1.23. The van der Waals surface area contributed by atoms with Crippen LogP contribution >= 0.6 is 11.8 Å². The zero-order valence-electron chi connectivity index (χ0n) is 13.4. The lowest BCUT2D eigenvalue weighted by Crippen LogP contribution is -2.24. The van der Waals surface area contributed by atoms with Crippen molar-refractivity contribution in [1.29, 1.82) is 5.26 Å². The van der Waals surface area contributed by atoms with Crippen LogP contribution in [0.3, 0.4) is 0 Å². The Bertz CT molecular complexity index is 768. The van der Waals surface area contributed by atoms with Crippen molar-refractivity contribution in [3.05, 3.63) is 52.2 Å². The summed E-state index contributed by atoms with van der Waals surface area (Å²) in [6.07, 6.45) is 0.